The highest BCUT2D eigenvalue weighted by Gasteiger charge is 2.52. The van der Waals surface area contributed by atoms with E-state index >= 15 is 0 Å². The largest absolute Gasteiger partial charge is 0.283 e. The molecule has 3 aliphatic rings. The van der Waals surface area contributed by atoms with Gasteiger partial charge in [-0.1, -0.05) is 12.8 Å². The molecule has 2 amide bonds. The lowest BCUT2D eigenvalue weighted by Crippen LogP contribution is -2.52. The summed E-state index contributed by atoms with van der Waals surface area (Å²) in [5.41, 5.74) is -0.456. The highest BCUT2D eigenvalue weighted by molar-refractivity contribution is 7.89. The molecule has 9 heteroatoms. The first kappa shape index (κ1) is 18.5. The molecule has 146 valence electrons. The van der Waals surface area contributed by atoms with Crippen molar-refractivity contribution in [1.82, 2.24) is 19.1 Å². The molecule has 0 atom stereocenters. The molecular weight excluding hydrogens is 368 g/mol. The van der Waals surface area contributed by atoms with Crippen LogP contribution < -0.4 is 0 Å². The summed E-state index contributed by atoms with van der Waals surface area (Å²) in [6.45, 7) is 1.91. The zero-order chi connectivity index (χ0) is 19.1. The second-order valence-electron chi connectivity index (χ2n) is 7.64. The Labute approximate surface area is 159 Å². The molecule has 3 heterocycles. The Morgan fingerprint density at radius 1 is 1.07 bits per heavy atom. The van der Waals surface area contributed by atoms with Crippen LogP contribution >= 0.6 is 0 Å². The lowest BCUT2D eigenvalue weighted by molar-refractivity contribution is -0.144. The molecule has 3 fully saturated rings. The van der Waals surface area contributed by atoms with Crippen LogP contribution in [0.3, 0.4) is 0 Å². The molecule has 1 aromatic rings. The van der Waals surface area contributed by atoms with Crippen molar-refractivity contribution in [3.05, 3.63) is 24.5 Å². The third kappa shape index (κ3) is 3.28. The minimum absolute atomic E-state index is 0.0320. The van der Waals surface area contributed by atoms with Crippen LogP contribution in [0.2, 0.25) is 0 Å². The maximum absolute atomic E-state index is 12.8. The van der Waals surface area contributed by atoms with Gasteiger partial charge in [0.25, 0.3) is 0 Å². The molecule has 8 nitrogen and oxygen atoms in total. The third-order valence-electron chi connectivity index (χ3n) is 6.00. The fourth-order valence-electron chi connectivity index (χ4n) is 4.41. The third-order valence-corrected chi connectivity index (χ3v) is 7.88. The zero-order valence-electron chi connectivity index (χ0n) is 15.2. The quantitative estimate of drug-likeness (QED) is 0.700. The van der Waals surface area contributed by atoms with Crippen molar-refractivity contribution in [2.75, 3.05) is 32.8 Å². The first-order valence-corrected chi connectivity index (χ1v) is 10.8. The predicted molar refractivity (Wildman–Crippen MR) is 96.8 cm³/mol. The highest BCUT2D eigenvalue weighted by Crippen LogP contribution is 2.46. The Balaban J connectivity index is 1.38. The van der Waals surface area contributed by atoms with Gasteiger partial charge in [-0.2, -0.15) is 4.31 Å². The summed E-state index contributed by atoms with van der Waals surface area (Å²) in [6.07, 6.45) is 6.87. The van der Waals surface area contributed by atoms with Gasteiger partial charge in [-0.3, -0.25) is 24.4 Å². The molecule has 2 saturated heterocycles. The number of nitrogens with zero attached hydrogens (tertiary/aromatic N) is 4. The smallest absolute Gasteiger partial charge is 0.244 e. The standard InChI is InChI=1S/C18H24N4O4S/c23-16-12-18(5-1-2-6-18)17(24)22(16)14-20-8-10-21(11-9-20)27(25,26)15-4-3-7-19-13-15/h3-4,7,13H,1-2,5-6,8-12,14H2. The monoisotopic (exact) mass is 392 g/mol. The number of carbonyl (C=O) groups excluding carboxylic acids is 2. The number of piperazine rings is 1. The number of amides is 2. The van der Waals surface area contributed by atoms with Gasteiger partial charge in [0.1, 0.15) is 4.90 Å². The van der Waals surface area contributed by atoms with Crippen molar-refractivity contribution in [3.63, 3.8) is 0 Å². The number of sulfonamides is 1. The van der Waals surface area contributed by atoms with Crippen LogP contribution in [0.1, 0.15) is 32.1 Å². The minimum atomic E-state index is -3.56. The summed E-state index contributed by atoms with van der Waals surface area (Å²) in [7, 11) is -3.56. The van der Waals surface area contributed by atoms with Crippen molar-refractivity contribution in [1.29, 1.82) is 0 Å². The molecule has 2 aliphatic heterocycles. The summed E-state index contributed by atoms with van der Waals surface area (Å²) in [6, 6.07) is 3.14. The number of aromatic nitrogens is 1. The number of likely N-dealkylation sites (tertiary alicyclic amines) is 1. The van der Waals surface area contributed by atoms with Gasteiger partial charge in [0.05, 0.1) is 12.1 Å². The molecule has 1 spiro atoms. The number of pyridine rings is 1. The van der Waals surface area contributed by atoms with Crippen LogP contribution in [-0.4, -0.2) is 72.2 Å². The molecule has 0 radical (unpaired) electrons. The SMILES string of the molecule is O=C1CC2(CCCC2)C(=O)N1CN1CCN(S(=O)(=O)c2cccnc2)CC1. The van der Waals surface area contributed by atoms with Crippen molar-refractivity contribution in [2.24, 2.45) is 5.41 Å². The Hall–Kier alpha value is -1.84. The van der Waals surface area contributed by atoms with Gasteiger partial charge in [0.2, 0.25) is 21.8 Å². The number of hydrogen-bond acceptors (Lipinski definition) is 6. The summed E-state index contributed by atoms with van der Waals surface area (Å²) < 4.78 is 26.8. The van der Waals surface area contributed by atoms with Gasteiger partial charge >= 0.3 is 0 Å². The molecule has 1 aliphatic carbocycles. The van der Waals surface area contributed by atoms with E-state index in [1.165, 1.54) is 27.7 Å². The van der Waals surface area contributed by atoms with Crippen LogP contribution in [0.5, 0.6) is 0 Å². The summed E-state index contributed by atoms with van der Waals surface area (Å²) in [4.78, 5) is 32.6. The van der Waals surface area contributed by atoms with Crippen molar-refractivity contribution in [2.45, 2.75) is 37.0 Å². The van der Waals surface area contributed by atoms with Gasteiger partial charge in [0, 0.05) is 45.0 Å². The Morgan fingerprint density at radius 2 is 1.78 bits per heavy atom. The van der Waals surface area contributed by atoms with E-state index in [0.717, 1.165) is 25.7 Å². The summed E-state index contributed by atoms with van der Waals surface area (Å²) in [5, 5.41) is 0. The van der Waals surface area contributed by atoms with Crippen molar-refractivity contribution >= 4 is 21.8 Å². The maximum atomic E-state index is 12.8. The van der Waals surface area contributed by atoms with E-state index in [0.29, 0.717) is 32.6 Å². The fourth-order valence-corrected chi connectivity index (χ4v) is 5.79. The van der Waals surface area contributed by atoms with E-state index in [-0.39, 0.29) is 23.4 Å². The van der Waals surface area contributed by atoms with Crippen molar-refractivity contribution < 1.29 is 18.0 Å². The van der Waals surface area contributed by atoms with Crippen LogP contribution in [0, 0.1) is 5.41 Å². The Morgan fingerprint density at radius 3 is 2.41 bits per heavy atom. The Kier molecular flexibility index (Phi) is 4.77. The molecule has 0 unspecified atom stereocenters. The Bertz CT molecular complexity index is 828. The van der Waals surface area contributed by atoms with E-state index in [9.17, 15) is 18.0 Å². The molecule has 0 N–H and O–H groups in total. The second kappa shape index (κ2) is 6.96. The lowest BCUT2D eigenvalue weighted by Gasteiger charge is -2.35. The van der Waals surface area contributed by atoms with E-state index in [1.54, 1.807) is 6.07 Å². The topological polar surface area (TPSA) is 90.9 Å². The van der Waals surface area contributed by atoms with Gasteiger partial charge in [-0.05, 0) is 25.0 Å². The number of carbonyl (C=O) groups is 2. The molecular formula is C18H24N4O4S. The molecule has 4 rings (SSSR count). The van der Waals surface area contributed by atoms with Gasteiger partial charge in [-0.25, -0.2) is 8.42 Å². The molecule has 0 aromatic carbocycles. The summed E-state index contributed by atoms with van der Waals surface area (Å²) >= 11 is 0. The lowest BCUT2D eigenvalue weighted by atomic mass is 9.85. The number of hydrogen-bond donors (Lipinski definition) is 0. The zero-order valence-corrected chi connectivity index (χ0v) is 16.0. The average Bonchev–Trinajstić information content (AvgIpc) is 3.24. The van der Waals surface area contributed by atoms with Crippen molar-refractivity contribution in [3.8, 4) is 0 Å². The van der Waals surface area contributed by atoms with Crippen LogP contribution in [-0.2, 0) is 19.6 Å². The first-order chi connectivity index (χ1) is 12.9. The van der Waals surface area contributed by atoms with Gasteiger partial charge in [0.15, 0.2) is 0 Å². The highest BCUT2D eigenvalue weighted by atomic mass is 32.2. The fraction of sp³-hybridized carbons (Fsp3) is 0.611. The van der Waals surface area contributed by atoms with E-state index < -0.39 is 15.4 Å². The number of imide groups is 1. The maximum Gasteiger partial charge on any atom is 0.244 e. The first-order valence-electron chi connectivity index (χ1n) is 9.40. The normalized spacial score (nSPS) is 24.2. The van der Waals surface area contributed by atoms with Gasteiger partial charge in [-0.15, -0.1) is 0 Å². The number of rotatable bonds is 4. The van der Waals surface area contributed by atoms with E-state index in [2.05, 4.69) is 4.98 Å². The molecule has 1 aromatic heterocycles. The van der Waals surface area contributed by atoms with Gasteiger partial charge < -0.3 is 0 Å². The van der Waals surface area contributed by atoms with Crippen LogP contribution in [0.15, 0.2) is 29.4 Å². The van der Waals surface area contributed by atoms with Crippen LogP contribution in [0.25, 0.3) is 0 Å². The van der Waals surface area contributed by atoms with E-state index in [1.807, 2.05) is 4.90 Å². The molecule has 1 saturated carbocycles. The van der Waals surface area contributed by atoms with Crippen LogP contribution in [0.4, 0.5) is 0 Å². The average molecular weight is 392 g/mol. The molecule has 27 heavy (non-hydrogen) atoms. The summed E-state index contributed by atoms with van der Waals surface area (Å²) in [5.74, 6) is -0.122. The minimum Gasteiger partial charge on any atom is -0.283 e. The predicted octanol–water partition coefficient (Wildman–Crippen LogP) is 0.665. The van der Waals surface area contributed by atoms with E-state index in [4.69, 9.17) is 0 Å². The second-order valence-corrected chi connectivity index (χ2v) is 9.58. The molecule has 0 bridgehead atoms.